The van der Waals surface area contributed by atoms with Crippen LogP contribution in [0, 0.1) is 28.9 Å². The first-order valence-corrected chi connectivity index (χ1v) is 6.21. The smallest absolute Gasteiger partial charge is 0.333 e. The third-order valence-corrected chi connectivity index (χ3v) is 4.03. The number of nitro groups is 1. The zero-order valence-corrected chi connectivity index (χ0v) is 10.6. The molecule has 98 valence electrons. The highest BCUT2D eigenvalue weighted by atomic mass is 16.6. The molecule has 2 aliphatic rings. The number of nitrogens with one attached hydrogen (secondary N) is 1. The number of fused-ring (bicyclic) bond motifs is 1. The lowest BCUT2D eigenvalue weighted by Gasteiger charge is -2.18. The van der Waals surface area contributed by atoms with Crippen molar-refractivity contribution in [1.82, 2.24) is 15.1 Å². The molecule has 3 rings (SSSR count). The molecule has 2 aliphatic heterocycles. The molecule has 0 saturated carbocycles. The third-order valence-electron chi connectivity index (χ3n) is 4.03. The van der Waals surface area contributed by atoms with Gasteiger partial charge in [0.15, 0.2) is 0 Å². The first kappa shape index (κ1) is 11.5. The van der Waals surface area contributed by atoms with E-state index in [1.54, 1.807) is 18.7 Å². The fourth-order valence-electron chi connectivity index (χ4n) is 3.23. The van der Waals surface area contributed by atoms with Crippen molar-refractivity contribution in [3.63, 3.8) is 0 Å². The molecule has 1 aromatic heterocycles. The van der Waals surface area contributed by atoms with Crippen LogP contribution >= 0.6 is 0 Å². The highest BCUT2D eigenvalue weighted by Gasteiger charge is 2.40. The Morgan fingerprint density at radius 1 is 1.39 bits per heavy atom. The second-order valence-corrected chi connectivity index (χ2v) is 5.22. The van der Waals surface area contributed by atoms with Crippen LogP contribution in [-0.4, -0.2) is 40.9 Å². The van der Waals surface area contributed by atoms with Crippen LogP contribution < -0.4 is 10.2 Å². The summed E-state index contributed by atoms with van der Waals surface area (Å²) in [6.45, 7) is 5.51. The lowest BCUT2D eigenvalue weighted by molar-refractivity contribution is -0.384. The first-order valence-electron chi connectivity index (χ1n) is 6.21. The van der Waals surface area contributed by atoms with Crippen LogP contribution in [-0.2, 0) is 7.05 Å². The summed E-state index contributed by atoms with van der Waals surface area (Å²) in [6, 6.07) is 0. The quantitative estimate of drug-likeness (QED) is 0.604. The van der Waals surface area contributed by atoms with E-state index in [9.17, 15) is 10.1 Å². The standard InChI is InChI=1S/C11H17N5O2/c1-7-10(16(17)18)11(14(2)13-7)15-5-8-3-12-4-9(8)6-15/h8-9,12H,3-6H2,1-2H3/t8-,9+. The van der Waals surface area contributed by atoms with Gasteiger partial charge in [-0.3, -0.25) is 10.1 Å². The van der Waals surface area contributed by atoms with Gasteiger partial charge in [0, 0.05) is 33.2 Å². The summed E-state index contributed by atoms with van der Waals surface area (Å²) in [5.74, 6) is 1.88. The fourth-order valence-corrected chi connectivity index (χ4v) is 3.23. The van der Waals surface area contributed by atoms with Gasteiger partial charge in [0.2, 0.25) is 5.82 Å². The molecule has 1 aromatic rings. The predicted molar refractivity (Wildman–Crippen MR) is 66.7 cm³/mol. The van der Waals surface area contributed by atoms with Crippen LogP contribution in [0.2, 0.25) is 0 Å². The average molecular weight is 251 g/mol. The van der Waals surface area contributed by atoms with Gasteiger partial charge in [0.05, 0.1) is 4.92 Å². The van der Waals surface area contributed by atoms with Crippen LogP contribution in [0.3, 0.4) is 0 Å². The normalized spacial score (nSPS) is 26.7. The number of aryl methyl sites for hydroxylation is 2. The van der Waals surface area contributed by atoms with Gasteiger partial charge >= 0.3 is 5.69 Å². The van der Waals surface area contributed by atoms with Gasteiger partial charge in [-0.05, 0) is 18.8 Å². The van der Waals surface area contributed by atoms with Gasteiger partial charge in [-0.1, -0.05) is 0 Å². The van der Waals surface area contributed by atoms with E-state index < -0.39 is 0 Å². The Hall–Kier alpha value is -1.63. The molecule has 0 amide bonds. The Labute approximate surface area is 105 Å². The van der Waals surface area contributed by atoms with Crippen LogP contribution in [0.1, 0.15) is 5.69 Å². The van der Waals surface area contributed by atoms with Crippen LogP contribution in [0.5, 0.6) is 0 Å². The Morgan fingerprint density at radius 2 is 2.00 bits per heavy atom. The maximum absolute atomic E-state index is 11.2. The van der Waals surface area contributed by atoms with Crippen molar-refractivity contribution in [2.75, 3.05) is 31.1 Å². The number of anilines is 1. The molecule has 2 fully saturated rings. The molecule has 0 spiro atoms. The van der Waals surface area contributed by atoms with E-state index in [1.165, 1.54) is 0 Å². The Morgan fingerprint density at radius 3 is 2.56 bits per heavy atom. The van der Waals surface area contributed by atoms with E-state index in [1.807, 2.05) is 0 Å². The van der Waals surface area contributed by atoms with Crippen molar-refractivity contribution in [2.45, 2.75) is 6.92 Å². The van der Waals surface area contributed by atoms with E-state index in [-0.39, 0.29) is 10.6 Å². The largest absolute Gasteiger partial charge is 0.350 e. The molecule has 0 aliphatic carbocycles. The molecule has 1 N–H and O–H groups in total. The molecule has 0 radical (unpaired) electrons. The lowest BCUT2D eigenvalue weighted by atomic mass is 10.0. The molecule has 0 bridgehead atoms. The second kappa shape index (κ2) is 3.94. The third kappa shape index (κ3) is 1.58. The molecule has 18 heavy (non-hydrogen) atoms. The highest BCUT2D eigenvalue weighted by Crippen LogP contribution is 2.36. The topological polar surface area (TPSA) is 76.2 Å². The summed E-state index contributed by atoms with van der Waals surface area (Å²) in [6.07, 6.45) is 0. The maximum Gasteiger partial charge on any atom is 0.333 e. The average Bonchev–Trinajstić information content (AvgIpc) is 2.89. The molecule has 0 aromatic carbocycles. The minimum atomic E-state index is -0.315. The molecule has 3 heterocycles. The van der Waals surface area contributed by atoms with Gasteiger partial charge in [-0.25, -0.2) is 4.68 Å². The summed E-state index contributed by atoms with van der Waals surface area (Å²) >= 11 is 0. The van der Waals surface area contributed by atoms with Gasteiger partial charge < -0.3 is 10.2 Å². The monoisotopic (exact) mass is 251 g/mol. The molecule has 0 unspecified atom stereocenters. The second-order valence-electron chi connectivity index (χ2n) is 5.22. The lowest BCUT2D eigenvalue weighted by Crippen LogP contribution is -2.27. The summed E-state index contributed by atoms with van der Waals surface area (Å²) < 4.78 is 1.64. The van der Waals surface area contributed by atoms with Crippen molar-refractivity contribution in [3.05, 3.63) is 15.8 Å². The van der Waals surface area contributed by atoms with Crippen molar-refractivity contribution in [3.8, 4) is 0 Å². The summed E-state index contributed by atoms with van der Waals surface area (Å²) in [5, 5.41) is 18.7. The zero-order valence-electron chi connectivity index (χ0n) is 10.6. The van der Waals surface area contributed by atoms with E-state index in [4.69, 9.17) is 0 Å². The van der Waals surface area contributed by atoms with Crippen molar-refractivity contribution in [1.29, 1.82) is 0 Å². The summed E-state index contributed by atoms with van der Waals surface area (Å²) in [7, 11) is 1.78. The van der Waals surface area contributed by atoms with E-state index in [0.29, 0.717) is 23.3 Å². The van der Waals surface area contributed by atoms with Gasteiger partial charge in [0.1, 0.15) is 5.69 Å². The molecule has 7 heteroatoms. The van der Waals surface area contributed by atoms with Gasteiger partial charge in [-0.2, -0.15) is 5.10 Å². The van der Waals surface area contributed by atoms with Crippen LogP contribution in [0.15, 0.2) is 0 Å². The molecule has 2 saturated heterocycles. The Balaban J connectivity index is 1.95. The van der Waals surface area contributed by atoms with E-state index in [2.05, 4.69) is 15.3 Å². The fraction of sp³-hybridized carbons (Fsp3) is 0.727. The Kier molecular flexibility index (Phi) is 2.51. The SMILES string of the molecule is Cc1nn(C)c(N2C[C@H]3CNC[C@H]3C2)c1[N+](=O)[O-]. The van der Waals surface area contributed by atoms with Crippen molar-refractivity contribution >= 4 is 11.5 Å². The van der Waals surface area contributed by atoms with Crippen LogP contribution in [0.4, 0.5) is 11.5 Å². The number of hydrogen-bond donors (Lipinski definition) is 1. The van der Waals surface area contributed by atoms with Gasteiger partial charge in [-0.15, -0.1) is 0 Å². The van der Waals surface area contributed by atoms with Crippen molar-refractivity contribution in [2.24, 2.45) is 18.9 Å². The van der Waals surface area contributed by atoms with E-state index in [0.717, 1.165) is 26.2 Å². The first-order chi connectivity index (χ1) is 8.58. The minimum absolute atomic E-state index is 0.158. The minimum Gasteiger partial charge on any atom is -0.350 e. The summed E-state index contributed by atoms with van der Waals surface area (Å²) in [5.41, 5.74) is 0.651. The molecule has 2 atom stereocenters. The van der Waals surface area contributed by atoms with Crippen LogP contribution in [0.25, 0.3) is 0 Å². The molecular weight excluding hydrogens is 234 g/mol. The summed E-state index contributed by atoms with van der Waals surface area (Å²) in [4.78, 5) is 13.0. The zero-order chi connectivity index (χ0) is 12.9. The Bertz CT molecular complexity index is 486. The van der Waals surface area contributed by atoms with E-state index >= 15 is 0 Å². The van der Waals surface area contributed by atoms with Gasteiger partial charge in [0.25, 0.3) is 0 Å². The number of hydrogen-bond acceptors (Lipinski definition) is 5. The maximum atomic E-state index is 11.2. The molecular formula is C11H17N5O2. The molecule has 7 nitrogen and oxygen atoms in total. The predicted octanol–water partition coefficient (Wildman–Crippen LogP) is 0.292. The number of aromatic nitrogens is 2. The van der Waals surface area contributed by atoms with Crippen molar-refractivity contribution < 1.29 is 4.92 Å². The number of nitrogens with zero attached hydrogens (tertiary/aromatic N) is 4. The number of rotatable bonds is 2. The highest BCUT2D eigenvalue weighted by molar-refractivity contribution is 5.62.